The Bertz CT molecular complexity index is 1500. The highest BCUT2D eigenvalue weighted by Gasteiger charge is 2.50. The van der Waals surface area contributed by atoms with E-state index in [1.165, 1.54) is 43.2 Å². The van der Waals surface area contributed by atoms with Crippen LogP contribution in [0.3, 0.4) is 0 Å². The summed E-state index contributed by atoms with van der Waals surface area (Å²) in [4.78, 5) is 38.1. The Kier molecular flexibility index (Phi) is 7.94. The zero-order valence-corrected chi connectivity index (χ0v) is 25.2. The summed E-state index contributed by atoms with van der Waals surface area (Å²) in [5, 5.41) is 16.1. The van der Waals surface area contributed by atoms with Crippen molar-refractivity contribution >= 4 is 22.7 Å². The first-order chi connectivity index (χ1) is 20.2. The Morgan fingerprint density at radius 2 is 1.50 bits per heavy atom. The van der Waals surface area contributed by atoms with Crippen LogP contribution in [0.4, 0.5) is 0 Å². The van der Waals surface area contributed by atoms with Gasteiger partial charge in [-0.2, -0.15) is 10.2 Å². The Hall–Kier alpha value is -3.49. The topological polar surface area (TPSA) is 111 Å². The van der Waals surface area contributed by atoms with Gasteiger partial charge in [0.05, 0.1) is 22.5 Å². The van der Waals surface area contributed by atoms with Crippen molar-refractivity contribution in [1.82, 2.24) is 30.2 Å². The highest BCUT2D eigenvalue weighted by molar-refractivity contribution is 5.83. The number of aryl methyl sites for hydroxylation is 4. The summed E-state index contributed by atoms with van der Waals surface area (Å²) < 4.78 is 3.21. The lowest BCUT2D eigenvalue weighted by Gasteiger charge is -2.56. The van der Waals surface area contributed by atoms with Crippen LogP contribution in [-0.2, 0) is 16.1 Å². The van der Waals surface area contributed by atoms with Crippen LogP contribution < -0.4 is 16.2 Å². The third kappa shape index (κ3) is 5.88. The van der Waals surface area contributed by atoms with Gasteiger partial charge in [-0.3, -0.25) is 14.4 Å². The van der Waals surface area contributed by atoms with E-state index in [4.69, 9.17) is 0 Å². The molecule has 2 amide bonds. The Morgan fingerprint density at radius 3 is 2.17 bits per heavy atom. The second kappa shape index (κ2) is 11.7. The molecule has 0 unspecified atom stereocenters. The van der Waals surface area contributed by atoms with E-state index in [1.807, 2.05) is 45.0 Å². The normalized spacial score (nSPS) is 24.3. The molecule has 1 aromatic carbocycles. The van der Waals surface area contributed by atoms with E-state index in [0.717, 1.165) is 52.3 Å². The number of aromatic nitrogens is 4. The third-order valence-corrected chi connectivity index (χ3v) is 9.97. The molecule has 4 fully saturated rings. The molecule has 0 radical (unpaired) electrons. The maximum Gasteiger partial charge on any atom is 0.295 e. The molecule has 2 heterocycles. The van der Waals surface area contributed by atoms with Gasteiger partial charge in [0, 0.05) is 32.5 Å². The maximum atomic E-state index is 13.2. The molecule has 0 atom stereocenters. The van der Waals surface area contributed by atoms with E-state index in [1.54, 1.807) is 4.68 Å². The van der Waals surface area contributed by atoms with Crippen molar-refractivity contribution < 1.29 is 9.59 Å². The zero-order chi connectivity index (χ0) is 29.4. The molecular weight excluding hydrogens is 528 g/mol. The molecule has 3 aromatic rings. The average Bonchev–Trinajstić information content (AvgIpc) is 3.30. The van der Waals surface area contributed by atoms with E-state index in [9.17, 15) is 14.4 Å². The number of benzene rings is 1. The first kappa shape index (κ1) is 28.6. The monoisotopic (exact) mass is 572 g/mol. The van der Waals surface area contributed by atoms with Gasteiger partial charge in [-0.1, -0.05) is 17.7 Å². The number of nitrogens with one attached hydrogen (secondary N) is 2. The number of hydrogen-bond acceptors (Lipinski definition) is 5. The molecule has 4 aliphatic rings. The van der Waals surface area contributed by atoms with E-state index >= 15 is 0 Å². The lowest BCUT2D eigenvalue weighted by atomic mass is 9.49. The molecule has 0 aliphatic heterocycles. The maximum absolute atomic E-state index is 13.2. The number of hydrogen-bond donors (Lipinski definition) is 2. The second-order valence-corrected chi connectivity index (χ2v) is 13.4. The summed E-state index contributed by atoms with van der Waals surface area (Å²) in [5.41, 5.74) is 4.17. The number of amides is 2. The van der Waals surface area contributed by atoms with Crippen molar-refractivity contribution in [2.75, 3.05) is 13.1 Å². The standard InChI is InChI=1S/C33H44N6O3/c1-21-8-10-27(11-9-21)39-23(3)30-22(2)36-38(32(42)31(30)37-39)13-5-7-28(40)34-12-4-6-29(41)35-20-33-17-24-14-25(18-33)16-26(15-24)19-33/h8-11,24-26H,4-7,12-20H2,1-3H3,(H,34,40)(H,35,41). The van der Waals surface area contributed by atoms with Crippen molar-refractivity contribution in [3.05, 3.63) is 51.6 Å². The van der Waals surface area contributed by atoms with Gasteiger partial charge in [-0.05, 0) is 107 Å². The molecule has 2 N–H and O–H groups in total. The molecule has 9 nitrogen and oxygen atoms in total. The number of carbonyl (C=O) groups excluding carboxylic acids is 2. The quantitative estimate of drug-likeness (QED) is 0.329. The Morgan fingerprint density at radius 1 is 0.881 bits per heavy atom. The highest BCUT2D eigenvalue weighted by atomic mass is 16.2. The van der Waals surface area contributed by atoms with Crippen LogP contribution in [0.1, 0.15) is 81.2 Å². The minimum absolute atomic E-state index is 0.0747. The summed E-state index contributed by atoms with van der Waals surface area (Å²) in [5.74, 6) is 2.68. The van der Waals surface area contributed by atoms with Crippen molar-refractivity contribution in [2.24, 2.45) is 23.2 Å². The average molecular weight is 573 g/mol. The van der Waals surface area contributed by atoms with E-state index in [-0.39, 0.29) is 17.4 Å². The first-order valence-electron chi connectivity index (χ1n) is 15.8. The second-order valence-electron chi connectivity index (χ2n) is 13.4. The molecule has 0 spiro atoms. The van der Waals surface area contributed by atoms with Crippen molar-refractivity contribution in [3.63, 3.8) is 0 Å². The van der Waals surface area contributed by atoms with Crippen LogP contribution in [0, 0.1) is 43.9 Å². The lowest BCUT2D eigenvalue weighted by Crippen LogP contribution is -2.51. The highest BCUT2D eigenvalue weighted by Crippen LogP contribution is 2.59. The molecule has 224 valence electrons. The van der Waals surface area contributed by atoms with E-state index in [2.05, 4.69) is 20.8 Å². The first-order valence-corrected chi connectivity index (χ1v) is 15.8. The van der Waals surface area contributed by atoms with Crippen LogP contribution in [0.5, 0.6) is 0 Å². The van der Waals surface area contributed by atoms with Gasteiger partial charge in [-0.25, -0.2) is 9.36 Å². The van der Waals surface area contributed by atoms with E-state index in [0.29, 0.717) is 49.7 Å². The van der Waals surface area contributed by atoms with Crippen LogP contribution >= 0.6 is 0 Å². The largest absolute Gasteiger partial charge is 0.356 e. The van der Waals surface area contributed by atoms with Gasteiger partial charge in [0.15, 0.2) is 5.52 Å². The van der Waals surface area contributed by atoms with Crippen LogP contribution in [-0.4, -0.2) is 44.5 Å². The molecule has 42 heavy (non-hydrogen) atoms. The SMILES string of the molecule is Cc1ccc(-n2nc3c(=O)n(CCCC(=O)NCCCC(=O)NCC45CC6CC(CC(C6)C4)C5)nc(C)c3c2C)cc1. The zero-order valence-electron chi connectivity index (χ0n) is 25.2. The van der Waals surface area contributed by atoms with Gasteiger partial charge >= 0.3 is 0 Å². The van der Waals surface area contributed by atoms with Gasteiger partial charge in [0.1, 0.15) is 0 Å². The molecule has 4 saturated carbocycles. The number of rotatable bonds is 11. The third-order valence-electron chi connectivity index (χ3n) is 9.97. The molecule has 0 saturated heterocycles. The van der Waals surface area contributed by atoms with Gasteiger partial charge in [-0.15, -0.1) is 0 Å². The fraction of sp³-hybridized carbons (Fsp3) is 0.606. The van der Waals surface area contributed by atoms with E-state index < -0.39 is 0 Å². The fourth-order valence-electron chi connectivity index (χ4n) is 8.41. The van der Waals surface area contributed by atoms with Gasteiger partial charge in [0.2, 0.25) is 11.8 Å². The molecule has 9 heteroatoms. The van der Waals surface area contributed by atoms with Crippen LogP contribution in [0.15, 0.2) is 29.1 Å². The Labute approximate surface area is 247 Å². The van der Waals surface area contributed by atoms with Gasteiger partial charge < -0.3 is 10.6 Å². The minimum Gasteiger partial charge on any atom is -0.356 e. The Balaban J connectivity index is 0.938. The summed E-state index contributed by atoms with van der Waals surface area (Å²) in [6, 6.07) is 8.02. The fourth-order valence-corrected chi connectivity index (χ4v) is 8.41. The lowest BCUT2D eigenvalue weighted by molar-refractivity contribution is -0.124. The summed E-state index contributed by atoms with van der Waals surface area (Å²) in [6.07, 6.45) is 9.95. The number of nitrogens with zero attached hydrogens (tertiary/aromatic N) is 4. The summed E-state index contributed by atoms with van der Waals surface area (Å²) in [7, 11) is 0. The smallest absolute Gasteiger partial charge is 0.295 e. The molecular formula is C33H44N6O3. The molecule has 4 bridgehead atoms. The molecule has 2 aromatic heterocycles. The number of carbonyl (C=O) groups is 2. The van der Waals surface area contributed by atoms with Crippen LogP contribution in [0.2, 0.25) is 0 Å². The minimum atomic E-state index is -0.246. The van der Waals surface area contributed by atoms with Gasteiger partial charge in [0.25, 0.3) is 5.56 Å². The summed E-state index contributed by atoms with van der Waals surface area (Å²) in [6.45, 7) is 7.51. The van der Waals surface area contributed by atoms with Crippen LogP contribution in [0.25, 0.3) is 16.6 Å². The molecule has 4 aliphatic carbocycles. The predicted octanol–water partition coefficient (Wildman–Crippen LogP) is 4.52. The molecule has 7 rings (SSSR count). The van der Waals surface area contributed by atoms with Crippen molar-refractivity contribution in [3.8, 4) is 5.69 Å². The van der Waals surface area contributed by atoms with Crippen molar-refractivity contribution in [1.29, 1.82) is 0 Å². The number of fused-ring (bicyclic) bond motifs is 1. The summed E-state index contributed by atoms with van der Waals surface area (Å²) >= 11 is 0. The predicted molar refractivity (Wildman–Crippen MR) is 162 cm³/mol. The van der Waals surface area contributed by atoms with Crippen molar-refractivity contribution in [2.45, 2.75) is 91.5 Å².